The average Bonchev–Trinajstić information content (AvgIpc) is 3.68. The molecule has 3 aliphatic heterocycles. The predicted octanol–water partition coefficient (Wildman–Crippen LogP) is 4.32. The molecule has 14 heteroatoms. The fourth-order valence-corrected chi connectivity index (χ4v) is 7.96. The lowest BCUT2D eigenvalue weighted by Gasteiger charge is -2.43. The third-order valence-corrected chi connectivity index (χ3v) is 10.3. The van der Waals surface area contributed by atoms with Crippen LogP contribution in [0.5, 0.6) is 6.01 Å². The maximum absolute atomic E-state index is 16.6. The number of nitrogens with two attached hydrogens (primary N) is 1. The first-order valence-corrected chi connectivity index (χ1v) is 15.8. The van der Waals surface area contributed by atoms with Crippen molar-refractivity contribution in [2.45, 2.75) is 49.9 Å². The number of alkyl halides is 1. The number of ether oxygens (including phenoxy) is 2. The lowest BCUT2D eigenvalue weighted by Crippen LogP contribution is -2.62. The highest BCUT2D eigenvalue weighted by Gasteiger charge is 2.49. The average molecular weight is 629 g/mol. The summed E-state index contributed by atoms with van der Waals surface area (Å²) in [6.45, 7) is 5.84. The van der Waals surface area contributed by atoms with Gasteiger partial charge in [0.25, 0.3) is 0 Å². The number of nitrogens with zero attached hydrogens (tertiary/aromatic N) is 6. The van der Waals surface area contributed by atoms with Crippen LogP contribution in [0.1, 0.15) is 32.6 Å². The summed E-state index contributed by atoms with van der Waals surface area (Å²) in [7, 11) is 1.67. The van der Waals surface area contributed by atoms with Gasteiger partial charge in [0.15, 0.2) is 10.9 Å². The summed E-state index contributed by atoms with van der Waals surface area (Å²) in [5.41, 5.74) is 5.68. The molecule has 0 bridgehead atoms. The number of halogens is 3. The number of nitrogen functional groups attached to an aromatic ring is 1. The molecule has 0 spiro atoms. The zero-order chi connectivity index (χ0) is 30.6. The van der Waals surface area contributed by atoms with E-state index >= 15 is 4.39 Å². The number of hydrogen-bond donors (Lipinski definition) is 2. The largest absolute Gasteiger partial charge is 0.461 e. The molecule has 3 N–H and O–H groups in total. The second-order valence-corrected chi connectivity index (χ2v) is 13.1. The van der Waals surface area contributed by atoms with Crippen LogP contribution in [0.2, 0.25) is 0 Å². The molecule has 0 saturated carbocycles. The fraction of sp³-hybridized carbons (Fsp3) is 0.533. The third-order valence-electron chi connectivity index (χ3n) is 9.41. The van der Waals surface area contributed by atoms with E-state index in [4.69, 9.17) is 20.2 Å². The van der Waals surface area contributed by atoms with E-state index in [1.165, 1.54) is 12.1 Å². The van der Waals surface area contributed by atoms with Gasteiger partial charge in [-0.3, -0.25) is 9.88 Å². The van der Waals surface area contributed by atoms with Crippen LogP contribution in [-0.2, 0) is 4.74 Å². The number of piperazine rings is 1. The first kappa shape index (κ1) is 29.4. The highest BCUT2D eigenvalue weighted by atomic mass is 32.1. The maximum Gasteiger partial charge on any atom is 0.319 e. The lowest BCUT2D eigenvalue weighted by molar-refractivity contribution is 0.101. The summed E-state index contributed by atoms with van der Waals surface area (Å²) < 4.78 is 57.6. The number of thiazole rings is 1. The molecule has 4 aromatic rings. The highest BCUT2D eigenvalue weighted by molar-refractivity contribution is 7.22. The topological polar surface area (TPSA) is 115 Å². The number of rotatable bonds is 8. The van der Waals surface area contributed by atoms with Crippen molar-refractivity contribution in [3.05, 3.63) is 30.0 Å². The van der Waals surface area contributed by atoms with E-state index in [0.717, 1.165) is 37.1 Å². The van der Waals surface area contributed by atoms with Gasteiger partial charge < -0.3 is 25.4 Å². The molecular weight excluding hydrogens is 593 g/mol. The minimum atomic E-state index is -0.908. The third kappa shape index (κ3) is 4.91. The minimum Gasteiger partial charge on any atom is -0.461 e. The van der Waals surface area contributed by atoms with Crippen LogP contribution in [0.25, 0.3) is 32.4 Å². The predicted molar refractivity (Wildman–Crippen MR) is 164 cm³/mol. The Bertz CT molecular complexity index is 1720. The van der Waals surface area contributed by atoms with Gasteiger partial charge in [0, 0.05) is 51.5 Å². The highest BCUT2D eigenvalue weighted by Crippen LogP contribution is 2.41. The number of anilines is 2. The SMILES string of the molecule is CC[C@]1(COC)CN(c2nc(OC[C@@]34CCCN3C[C@H](F)C4)nc3c(F)c(-c4ccc(F)c5sc(N)nc45)ncc23)CCN1. The van der Waals surface area contributed by atoms with Crippen molar-refractivity contribution in [1.82, 2.24) is 30.2 Å². The summed E-state index contributed by atoms with van der Waals surface area (Å²) in [6.07, 6.45) is 3.62. The van der Waals surface area contributed by atoms with Gasteiger partial charge in [-0.1, -0.05) is 18.3 Å². The zero-order valence-corrected chi connectivity index (χ0v) is 25.5. The molecule has 3 aliphatic rings. The first-order chi connectivity index (χ1) is 21.2. The summed E-state index contributed by atoms with van der Waals surface area (Å²) in [5.74, 6) is -0.693. The Morgan fingerprint density at radius 1 is 1.16 bits per heavy atom. The van der Waals surface area contributed by atoms with Crippen molar-refractivity contribution in [2.24, 2.45) is 0 Å². The van der Waals surface area contributed by atoms with E-state index in [1.54, 1.807) is 13.3 Å². The monoisotopic (exact) mass is 628 g/mol. The Labute approximate surface area is 256 Å². The second-order valence-electron chi connectivity index (χ2n) is 12.1. The van der Waals surface area contributed by atoms with Gasteiger partial charge in [-0.25, -0.2) is 18.2 Å². The minimum absolute atomic E-state index is 0.0154. The van der Waals surface area contributed by atoms with Gasteiger partial charge >= 0.3 is 6.01 Å². The van der Waals surface area contributed by atoms with E-state index in [0.29, 0.717) is 56.0 Å². The Morgan fingerprint density at radius 3 is 2.84 bits per heavy atom. The summed E-state index contributed by atoms with van der Waals surface area (Å²) in [4.78, 5) is 22.4. The van der Waals surface area contributed by atoms with Gasteiger partial charge in [0.2, 0.25) is 0 Å². The molecule has 3 saturated heterocycles. The quantitative estimate of drug-likeness (QED) is 0.292. The second kappa shape index (κ2) is 11.2. The molecule has 0 amide bonds. The number of fused-ring (bicyclic) bond motifs is 3. The van der Waals surface area contributed by atoms with Gasteiger partial charge in [-0.15, -0.1) is 0 Å². The van der Waals surface area contributed by atoms with Crippen LogP contribution < -0.4 is 20.7 Å². The van der Waals surface area contributed by atoms with Gasteiger partial charge in [0.05, 0.1) is 33.3 Å². The Balaban J connectivity index is 1.34. The molecule has 10 nitrogen and oxygen atoms in total. The van der Waals surface area contributed by atoms with Gasteiger partial charge in [-0.2, -0.15) is 9.97 Å². The molecule has 3 atom stereocenters. The van der Waals surface area contributed by atoms with Crippen molar-refractivity contribution in [3.63, 3.8) is 0 Å². The molecule has 0 radical (unpaired) electrons. The van der Waals surface area contributed by atoms with E-state index in [-0.39, 0.29) is 44.7 Å². The molecule has 234 valence electrons. The number of pyridine rings is 1. The van der Waals surface area contributed by atoms with Crippen LogP contribution in [0.4, 0.5) is 24.1 Å². The zero-order valence-electron chi connectivity index (χ0n) is 24.7. The molecular formula is C30H35F3N8O2S. The van der Waals surface area contributed by atoms with Crippen molar-refractivity contribution >= 4 is 43.4 Å². The van der Waals surface area contributed by atoms with Gasteiger partial charge in [0.1, 0.15) is 35.6 Å². The fourth-order valence-electron chi connectivity index (χ4n) is 7.19. The van der Waals surface area contributed by atoms with Crippen LogP contribution in [0, 0.1) is 11.6 Å². The van der Waals surface area contributed by atoms with Gasteiger partial charge in [-0.05, 0) is 37.9 Å². The number of hydrogen-bond acceptors (Lipinski definition) is 11. The van der Waals surface area contributed by atoms with Crippen molar-refractivity contribution in [1.29, 1.82) is 0 Å². The molecule has 3 fully saturated rings. The number of nitrogens with one attached hydrogen (secondary N) is 1. The van der Waals surface area contributed by atoms with E-state index in [1.807, 2.05) is 0 Å². The van der Waals surface area contributed by atoms with E-state index < -0.39 is 23.3 Å². The van der Waals surface area contributed by atoms with Crippen LogP contribution >= 0.6 is 11.3 Å². The molecule has 7 rings (SSSR count). The molecule has 0 unspecified atom stereocenters. The lowest BCUT2D eigenvalue weighted by atomic mass is 9.94. The van der Waals surface area contributed by atoms with Crippen LogP contribution in [0.15, 0.2) is 18.3 Å². The number of benzene rings is 1. The molecule has 44 heavy (non-hydrogen) atoms. The summed E-state index contributed by atoms with van der Waals surface area (Å²) in [5, 5.41) is 4.17. The van der Waals surface area contributed by atoms with Crippen LogP contribution in [0.3, 0.4) is 0 Å². The van der Waals surface area contributed by atoms with Crippen molar-refractivity contribution in [3.8, 4) is 17.3 Å². The molecule has 6 heterocycles. The van der Waals surface area contributed by atoms with E-state index in [9.17, 15) is 8.78 Å². The molecule has 1 aromatic carbocycles. The number of aromatic nitrogens is 4. The maximum atomic E-state index is 16.6. The summed E-state index contributed by atoms with van der Waals surface area (Å²) >= 11 is 0.995. The van der Waals surface area contributed by atoms with Crippen molar-refractivity contribution in [2.75, 3.05) is 63.7 Å². The Kier molecular flexibility index (Phi) is 7.50. The Morgan fingerprint density at radius 2 is 2.02 bits per heavy atom. The van der Waals surface area contributed by atoms with E-state index in [2.05, 4.69) is 37.0 Å². The molecule has 3 aromatic heterocycles. The molecule has 0 aliphatic carbocycles. The first-order valence-electron chi connectivity index (χ1n) is 15.0. The summed E-state index contributed by atoms with van der Waals surface area (Å²) in [6, 6.07) is 2.72. The standard InChI is InChI=1S/C30H35F3N8O2S/c1-3-29(15-42-2)14-40(10-8-36-29)26-19-12-35-22(18-5-6-20(32)25-24(18)37-27(34)44-25)21(33)23(19)38-28(39-26)43-16-30-7-4-9-41(30)13-17(31)11-30/h5-6,12,17,36H,3-4,7-11,13-16H2,1-2H3,(H2,34,37)/t17-,29-,30+/m1/s1. The smallest absolute Gasteiger partial charge is 0.319 e. The Hall–Kier alpha value is -3.33. The van der Waals surface area contributed by atoms with Crippen LogP contribution in [-0.4, -0.2) is 95.1 Å². The normalized spacial score (nSPS) is 25.8. The number of methoxy groups -OCH3 is 1. The van der Waals surface area contributed by atoms with Crippen molar-refractivity contribution < 1.29 is 22.6 Å².